The summed E-state index contributed by atoms with van der Waals surface area (Å²) in [6.07, 6.45) is -1.08. The zero-order valence-electron chi connectivity index (χ0n) is 16.5. The van der Waals surface area contributed by atoms with Crippen LogP contribution in [0.3, 0.4) is 0 Å². The number of hydrogen-bond acceptors (Lipinski definition) is 9. The van der Waals surface area contributed by atoms with Crippen molar-refractivity contribution in [3.63, 3.8) is 0 Å². The zero-order valence-corrected chi connectivity index (χ0v) is 19.6. The minimum Gasteiger partial charge on any atom is -0.394 e. The fourth-order valence-electron chi connectivity index (χ4n) is 3.40. The van der Waals surface area contributed by atoms with E-state index in [2.05, 4.69) is 20.1 Å². The van der Waals surface area contributed by atoms with Crippen molar-refractivity contribution in [1.29, 1.82) is 0 Å². The molecule has 0 aliphatic carbocycles. The van der Waals surface area contributed by atoms with Crippen molar-refractivity contribution in [3.8, 4) is 10.7 Å². The molecule has 0 spiro atoms. The molecule has 168 valence electrons. The Morgan fingerprint density at radius 1 is 1.41 bits per heavy atom. The predicted molar refractivity (Wildman–Crippen MR) is 121 cm³/mol. The van der Waals surface area contributed by atoms with Crippen LogP contribution in [0.25, 0.3) is 15.5 Å². The van der Waals surface area contributed by atoms with E-state index in [9.17, 15) is 10.2 Å². The highest BCUT2D eigenvalue weighted by molar-refractivity contribution is 8.00. The Kier molecular flexibility index (Phi) is 7.34. The summed E-state index contributed by atoms with van der Waals surface area (Å²) in [5.41, 5.74) is 0.224. The van der Waals surface area contributed by atoms with Gasteiger partial charge in [0.05, 0.1) is 19.4 Å². The molecule has 2 N–H and O–H groups in total. The van der Waals surface area contributed by atoms with E-state index in [0.717, 1.165) is 0 Å². The molecule has 0 amide bonds. The molecule has 9 nitrogen and oxygen atoms in total. The molecule has 3 heterocycles. The van der Waals surface area contributed by atoms with Crippen molar-refractivity contribution >= 4 is 52.0 Å². The van der Waals surface area contributed by atoms with Crippen molar-refractivity contribution in [2.75, 3.05) is 13.7 Å². The zero-order chi connectivity index (χ0) is 22.8. The van der Waals surface area contributed by atoms with Gasteiger partial charge in [-0.15, -0.1) is 28.2 Å². The second-order valence-corrected chi connectivity index (χ2v) is 9.63. The summed E-state index contributed by atoms with van der Waals surface area (Å²) >= 11 is 14.6. The number of rotatable bonds is 6. The highest BCUT2D eigenvalue weighted by Crippen LogP contribution is 2.43. The molecular weight excluding hydrogens is 497 g/mol. The van der Waals surface area contributed by atoms with Crippen LogP contribution in [0.5, 0.6) is 0 Å². The number of ether oxygens (including phenoxy) is 2. The van der Waals surface area contributed by atoms with E-state index in [1.165, 1.54) is 34.9 Å². The third-order valence-corrected chi connectivity index (χ3v) is 7.51. The number of thioether (sulfide) groups is 1. The van der Waals surface area contributed by atoms with E-state index < -0.39 is 36.4 Å². The maximum absolute atomic E-state index is 10.9. The van der Waals surface area contributed by atoms with Gasteiger partial charge < -0.3 is 19.7 Å². The summed E-state index contributed by atoms with van der Waals surface area (Å²) in [4.78, 5) is 8.32. The van der Waals surface area contributed by atoms with Crippen LogP contribution in [0.15, 0.2) is 34.7 Å². The van der Waals surface area contributed by atoms with Crippen molar-refractivity contribution < 1.29 is 19.7 Å². The van der Waals surface area contributed by atoms with Gasteiger partial charge in [-0.25, -0.2) is 14.5 Å². The molecule has 2 unspecified atom stereocenters. The van der Waals surface area contributed by atoms with Gasteiger partial charge in [-0.2, -0.15) is 0 Å². The van der Waals surface area contributed by atoms with Gasteiger partial charge in [-0.05, 0) is 6.07 Å². The molecule has 3 aromatic rings. The third kappa shape index (κ3) is 4.64. The van der Waals surface area contributed by atoms with E-state index >= 15 is 0 Å². The van der Waals surface area contributed by atoms with Gasteiger partial charge in [0, 0.05) is 22.4 Å². The lowest BCUT2D eigenvalue weighted by molar-refractivity contribution is -0.186. The van der Waals surface area contributed by atoms with Gasteiger partial charge in [-0.1, -0.05) is 40.5 Å². The highest BCUT2D eigenvalue weighted by atomic mass is 35.5. The monoisotopic (exact) mass is 513 g/mol. The first kappa shape index (κ1) is 23.4. The maximum atomic E-state index is 10.9. The molecule has 13 heteroatoms. The molecule has 32 heavy (non-hydrogen) atoms. The van der Waals surface area contributed by atoms with Crippen LogP contribution in [-0.2, 0) is 9.47 Å². The summed E-state index contributed by atoms with van der Waals surface area (Å²) < 4.78 is 13.1. The molecule has 0 bridgehead atoms. The smallest absolute Gasteiger partial charge is 0.200 e. The highest BCUT2D eigenvalue weighted by Gasteiger charge is 2.47. The molecule has 1 fully saturated rings. The number of aliphatic hydroxyl groups is 2. The van der Waals surface area contributed by atoms with Crippen LogP contribution in [0, 0.1) is 6.57 Å². The van der Waals surface area contributed by atoms with Gasteiger partial charge in [0.2, 0.25) is 5.69 Å². The fraction of sp³-hybridized carbons (Fsp3) is 0.368. The number of thiazole rings is 1. The van der Waals surface area contributed by atoms with Gasteiger partial charge >= 0.3 is 0 Å². The van der Waals surface area contributed by atoms with Crippen molar-refractivity contribution in [3.05, 3.63) is 51.4 Å². The molecule has 1 aliphatic rings. The Labute approximate surface area is 201 Å². The molecule has 1 aliphatic heterocycles. The average Bonchev–Trinajstić information content (AvgIpc) is 3.43. The van der Waals surface area contributed by atoms with E-state index in [1.807, 2.05) is 0 Å². The lowest BCUT2D eigenvalue weighted by Gasteiger charge is -2.43. The molecule has 5 atom stereocenters. The molecule has 4 rings (SSSR count). The Morgan fingerprint density at radius 2 is 2.22 bits per heavy atom. The summed E-state index contributed by atoms with van der Waals surface area (Å²) in [5.74, 6) is 0. The molecular formula is C19H17Cl2N5O4S2. The largest absolute Gasteiger partial charge is 0.394 e. The van der Waals surface area contributed by atoms with Crippen LogP contribution in [0.1, 0.15) is 6.04 Å². The Bertz CT molecular complexity index is 1140. The first-order valence-corrected chi connectivity index (χ1v) is 11.8. The second kappa shape index (κ2) is 10.0. The SMILES string of the molecule is [C-]#[N+]c1ccc(Cl)cc1S[C@H]1OC(CO)[C@H](O)[C@H](n2cc(-c3nc(Cl)cs3)nn2)C1OC. The number of nitrogens with zero attached hydrogens (tertiary/aromatic N) is 5. The van der Waals surface area contributed by atoms with Crippen molar-refractivity contribution in [2.24, 2.45) is 0 Å². The minimum absolute atomic E-state index is 0.356. The summed E-state index contributed by atoms with van der Waals surface area (Å²) in [5, 5.41) is 32.2. The Hall–Kier alpha value is -1.75. The van der Waals surface area contributed by atoms with E-state index in [-0.39, 0.29) is 0 Å². The molecule has 1 saturated heterocycles. The lowest BCUT2D eigenvalue weighted by atomic mass is 9.97. The molecule has 0 saturated carbocycles. The fourth-order valence-corrected chi connectivity index (χ4v) is 5.82. The maximum Gasteiger partial charge on any atom is 0.200 e. The van der Waals surface area contributed by atoms with Gasteiger partial charge in [0.1, 0.15) is 45.6 Å². The van der Waals surface area contributed by atoms with Gasteiger partial charge in [-0.3, -0.25) is 0 Å². The number of aliphatic hydroxyl groups excluding tert-OH is 2. The summed E-state index contributed by atoms with van der Waals surface area (Å²) in [6.45, 7) is 7.00. The molecule has 0 radical (unpaired) electrons. The molecule has 2 aromatic heterocycles. The Balaban J connectivity index is 1.68. The first-order chi connectivity index (χ1) is 15.4. The number of benzene rings is 1. The van der Waals surface area contributed by atoms with Crippen LogP contribution in [0.2, 0.25) is 10.2 Å². The van der Waals surface area contributed by atoms with Crippen LogP contribution in [0.4, 0.5) is 5.69 Å². The van der Waals surface area contributed by atoms with E-state index in [4.69, 9.17) is 39.2 Å². The first-order valence-electron chi connectivity index (χ1n) is 9.29. The van der Waals surface area contributed by atoms with Crippen molar-refractivity contribution in [1.82, 2.24) is 20.0 Å². The number of halogens is 2. The number of aromatic nitrogens is 4. The topological polar surface area (TPSA) is 107 Å². The van der Waals surface area contributed by atoms with E-state index in [1.54, 1.807) is 29.8 Å². The lowest BCUT2D eigenvalue weighted by Crippen LogP contribution is -2.55. The summed E-state index contributed by atoms with van der Waals surface area (Å²) in [6, 6.07) is 4.21. The second-order valence-electron chi connectivity index (χ2n) is 6.81. The van der Waals surface area contributed by atoms with Gasteiger partial charge in [0.25, 0.3) is 0 Å². The Morgan fingerprint density at radius 3 is 2.88 bits per heavy atom. The van der Waals surface area contributed by atoms with Gasteiger partial charge in [0.15, 0.2) is 0 Å². The average molecular weight is 514 g/mol. The standard InChI is InChI=1S/C19H17Cl2N5O4S2/c1-22-10-4-3-9(20)5-13(10)32-19-17(29-2)15(16(28)12(7-27)30-19)26-6-11(24-25-26)18-23-14(21)8-31-18/h3-6,8,12,15-17,19,27-28H,7H2,2H3/t12?,15-,16-,17?,19+/m0/s1. The third-order valence-electron chi connectivity index (χ3n) is 4.89. The number of hydrogen-bond donors (Lipinski definition) is 2. The summed E-state index contributed by atoms with van der Waals surface area (Å²) in [7, 11) is 1.49. The minimum atomic E-state index is -1.13. The van der Waals surface area contributed by atoms with Crippen LogP contribution >= 0.6 is 46.3 Å². The predicted octanol–water partition coefficient (Wildman–Crippen LogP) is 3.69. The quantitative estimate of drug-likeness (QED) is 0.480. The number of methoxy groups -OCH3 is 1. The molecule has 1 aromatic carbocycles. The van der Waals surface area contributed by atoms with Crippen LogP contribution < -0.4 is 0 Å². The van der Waals surface area contributed by atoms with E-state index in [0.29, 0.717) is 31.5 Å². The van der Waals surface area contributed by atoms with Crippen molar-refractivity contribution in [2.45, 2.75) is 34.7 Å². The normalized spacial score (nSPS) is 25.6. The van der Waals surface area contributed by atoms with Crippen LogP contribution in [-0.4, -0.2) is 67.7 Å².